The van der Waals surface area contributed by atoms with Crippen molar-refractivity contribution in [2.75, 3.05) is 0 Å². The third kappa shape index (κ3) is 11.0. The second-order valence-electron chi connectivity index (χ2n) is 17.2. The van der Waals surface area contributed by atoms with Crippen LogP contribution in [0, 0.1) is 0 Å². The lowest BCUT2D eigenvalue weighted by molar-refractivity contribution is 0.101. The minimum Gasteiger partial charge on any atom is -0.273 e. The zero-order valence-electron chi connectivity index (χ0n) is 40.0. The lowest BCUT2D eigenvalue weighted by Gasteiger charge is -2.40. The molecule has 356 valence electrons. The molecule has 0 saturated heterocycles. The molecule has 0 heterocycles. The first-order chi connectivity index (χ1) is 34.7. The van der Waals surface area contributed by atoms with Gasteiger partial charge in [-0.3, -0.25) is 13.6 Å². The number of rotatable bonds is 21. The number of hydrogen-bond donors (Lipinski definition) is 0. The van der Waals surface area contributed by atoms with Crippen molar-refractivity contribution in [1.29, 1.82) is 0 Å². The molecule has 0 spiro atoms. The molecular formula is C63H57O4PS3. The highest BCUT2D eigenvalue weighted by Gasteiger charge is 2.47. The maximum Gasteiger partial charge on any atom is 0.478 e. The topological polar surface area (TPSA) is 44.8 Å². The van der Waals surface area contributed by atoms with E-state index in [2.05, 4.69) is 218 Å². The molecule has 0 bridgehead atoms. The fourth-order valence-corrected chi connectivity index (χ4v) is 16.2. The summed E-state index contributed by atoms with van der Waals surface area (Å²) >= 11 is 4.72. The van der Waals surface area contributed by atoms with E-state index >= 15 is 4.57 Å². The van der Waals surface area contributed by atoms with Crippen LogP contribution in [0.25, 0.3) is 0 Å². The van der Waals surface area contributed by atoms with Gasteiger partial charge in [0.15, 0.2) is 0 Å². The van der Waals surface area contributed by atoms with Gasteiger partial charge in [0.2, 0.25) is 0 Å². The van der Waals surface area contributed by atoms with Crippen LogP contribution in [-0.4, -0.2) is 16.3 Å². The van der Waals surface area contributed by atoms with Gasteiger partial charge in [-0.15, -0.1) is 35.3 Å². The summed E-state index contributed by atoms with van der Waals surface area (Å²) in [4.78, 5) is 0. The Labute approximate surface area is 432 Å². The van der Waals surface area contributed by atoms with Gasteiger partial charge < -0.3 is 0 Å². The van der Waals surface area contributed by atoms with Gasteiger partial charge in [-0.1, -0.05) is 273 Å². The van der Waals surface area contributed by atoms with Crippen LogP contribution in [0.2, 0.25) is 0 Å². The van der Waals surface area contributed by atoms with Crippen LogP contribution in [0.5, 0.6) is 0 Å². The van der Waals surface area contributed by atoms with E-state index in [1.807, 2.05) is 75.4 Å². The minimum atomic E-state index is -4.53. The van der Waals surface area contributed by atoms with Crippen molar-refractivity contribution >= 4 is 43.1 Å². The fourth-order valence-electron chi connectivity index (χ4n) is 9.60. The summed E-state index contributed by atoms with van der Waals surface area (Å²) in [5, 5.41) is 0. The molecule has 9 rings (SSSR count). The Morgan fingerprint density at radius 1 is 0.268 bits per heavy atom. The van der Waals surface area contributed by atoms with Gasteiger partial charge >= 0.3 is 7.82 Å². The van der Waals surface area contributed by atoms with Gasteiger partial charge in [-0.05, 0) is 70.8 Å². The Kier molecular flexibility index (Phi) is 16.3. The zero-order chi connectivity index (χ0) is 49.0. The van der Waals surface area contributed by atoms with Crippen LogP contribution in [0.15, 0.2) is 273 Å². The second kappa shape index (κ2) is 23.1. The summed E-state index contributed by atoms with van der Waals surface area (Å²) in [6.07, 6.45) is 0. The summed E-state index contributed by atoms with van der Waals surface area (Å²) in [6, 6.07) is 94.1. The molecular weight excluding hydrogens is 948 g/mol. The van der Waals surface area contributed by atoms with Crippen molar-refractivity contribution in [3.63, 3.8) is 0 Å². The Morgan fingerprint density at radius 3 is 0.521 bits per heavy atom. The molecule has 9 aromatic rings. The van der Waals surface area contributed by atoms with Crippen LogP contribution in [0.4, 0.5) is 0 Å². The molecule has 3 atom stereocenters. The first-order valence-corrected chi connectivity index (χ1v) is 28.0. The van der Waals surface area contributed by atoms with Crippen LogP contribution in [0.1, 0.15) is 70.8 Å². The first-order valence-electron chi connectivity index (χ1n) is 23.9. The molecule has 0 radical (unpaired) electrons. The standard InChI is InChI=1S/C63H57O4PS3/c1-49(69-61(52-31-13-4-14-32-52,53-33-15-5-16-34-53)54-35-17-6-18-36-54)65-68(64,66-50(2)70-62(55-37-19-7-20-38-55,56-39-21-8-22-40-56)57-41-23-9-24-42-57)67-51(3)71-63(58-43-25-10-26-44-58,59-45-27-11-28-46-59)60-47-29-12-30-48-60/h4-51H,1-3H3. The van der Waals surface area contributed by atoms with Crippen LogP contribution in [0.3, 0.4) is 0 Å². The van der Waals surface area contributed by atoms with Crippen molar-refractivity contribution in [2.24, 2.45) is 0 Å². The molecule has 0 aromatic heterocycles. The van der Waals surface area contributed by atoms with Crippen molar-refractivity contribution < 1.29 is 18.1 Å². The largest absolute Gasteiger partial charge is 0.478 e. The molecule has 9 aromatic carbocycles. The predicted octanol–water partition coefficient (Wildman–Crippen LogP) is 17.4. The van der Waals surface area contributed by atoms with Gasteiger partial charge in [-0.25, -0.2) is 4.57 Å². The van der Waals surface area contributed by atoms with E-state index in [0.29, 0.717) is 0 Å². The third-order valence-corrected chi connectivity index (χ3v) is 19.1. The Hall–Kier alpha value is -5.86. The van der Waals surface area contributed by atoms with Crippen LogP contribution in [-0.2, 0) is 32.4 Å². The van der Waals surface area contributed by atoms with Gasteiger partial charge in [0.1, 0.15) is 16.3 Å². The van der Waals surface area contributed by atoms with Crippen LogP contribution >= 0.6 is 43.1 Å². The normalized spacial score (nSPS) is 14.2. The average Bonchev–Trinajstić information content (AvgIpc) is 3.43. The zero-order valence-corrected chi connectivity index (χ0v) is 43.4. The molecule has 0 amide bonds. The minimum absolute atomic E-state index is 0.736. The van der Waals surface area contributed by atoms with E-state index in [4.69, 9.17) is 13.6 Å². The highest BCUT2D eigenvalue weighted by molar-refractivity contribution is 8.02. The van der Waals surface area contributed by atoms with Gasteiger partial charge in [0, 0.05) is 0 Å². The molecule has 0 saturated carbocycles. The van der Waals surface area contributed by atoms with Crippen LogP contribution < -0.4 is 0 Å². The number of phosphoric ester groups is 1. The van der Waals surface area contributed by atoms with Gasteiger partial charge in [-0.2, -0.15) is 0 Å². The molecule has 0 aliphatic rings. The van der Waals surface area contributed by atoms with Gasteiger partial charge in [0.25, 0.3) is 0 Å². The fraction of sp³-hybridized carbons (Fsp3) is 0.143. The monoisotopic (exact) mass is 1000 g/mol. The highest BCUT2D eigenvalue weighted by Crippen LogP contribution is 2.62. The summed E-state index contributed by atoms with van der Waals surface area (Å²) in [7, 11) is -4.53. The van der Waals surface area contributed by atoms with E-state index in [1.165, 1.54) is 0 Å². The van der Waals surface area contributed by atoms with E-state index in [1.54, 1.807) is 35.3 Å². The maximum atomic E-state index is 16.4. The quantitative estimate of drug-likeness (QED) is 0.0404. The Morgan fingerprint density at radius 2 is 0.394 bits per heavy atom. The average molecular weight is 1010 g/mol. The van der Waals surface area contributed by atoms with Crippen molar-refractivity contribution in [3.8, 4) is 0 Å². The van der Waals surface area contributed by atoms with Crippen molar-refractivity contribution in [2.45, 2.75) is 51.3 Å². The highest BCUT2D eigenvalue weighted by atomic mass is 32.2. The molecule has 4 nitrogen and oxygen atoms in total. The van der Waals surface area contributed by atoms with E-state index < -0.39 is 38.4 Å². The summed E-state index contributed by atoms with van der Waals surface area (Å²) < 4.78 is 35.1. The molecule has 3 unspecified atom stereocenters. The SMILES string of the molecule is CC(OP(=O)(OC(C)SC(c1ccccc1)(c1ccccc1)c1ccccc1)OC(C)SC(c1ccccc1)(c1ccccc1)c1ccccc1)SC(c1ccccc1)(c1ccccc1)c1ccccc1. The lowest BCUT2D eigenvalue weighted by atomic mass is 9.84. The smallest absolute Gasteiger partial charge is 0.273 e. The molecule has 0 aliphatic carbocycles. The van der Waals surface area contributed by atoms with Crippen molar-refractivity contribution in [3.05, 3.63) is 323 Å². The lowest BCUT2D eigenvalue weighted by Crippen LogP contribution is -2.30. The Balaban J connectivity index is 1.15. The summed E-state index contributed by atoms with van der Waals surface area (Å²) in [6.45, 7) is 5.86. The van der Waals surface area contributed by atoms with Gasteiger partial charge in [0.05, 0.1) is 14.2 Å². The molecule has 8 heteroatoms. The molecule has 71 heavy (non-hydrogen) atoms. The second-order valence-corrected chi connectivity index (χ2v) is 23.2. The number of benzene rings is 9. The molecule has 0 N–H and O–H groups in total. The number of hydrogen-bond acceptors (Lipinski definition) is 7. The Bertz CT molecular complexity index is 2430. The number of phosphoric acid groups is 1. The van der Waals surface area contributed by atoms with E-state index in [-0.39, 0.29) is 0 Å². The van der Waals surface area contributed by atoms with Crippen molar-refractivity contribution in [1.82, 2.24) is 0 Å². The summed E-state index contributed by atoms with van der Waals surface area (Å²) in [5.41, 5.74) is 7.28. The van der Waals surface area contributed by atoms with E-state index in [9.17, 15) is 0 Å². The molecule has 0 aliphatic heterocycles. The predicted molar refractivity (Wildman–Crippen MR) is 300 cm³/mol. The number of thioether (sulfide) groups is 3. The first kappa shape index (κ1) is 50.1. The maximum absolute atomic E-state index is 16.4. The molecule has 0 fully saturated rings. The van der Waals surface area contributed by atoms with E-state index in [0.717, 1.165) is 50.1 Å². The third-order valence-electron chi connectivity index (χ3n) is 12.5. The summed E-state index contributed by atoms with van der Waals surface area (Å²) in [5.74, 6) is 0.